The van der Waals surface area contributed by atoms with Crippen molar-refractivity contribution in [2.45, 2.75) is 52.5 Å². The van der Waals surface area contributed by atoms with Crippen molar-refractivity contribution in [2.24, 2.45) is 5.92 Å². The van der Waals surface area contributed by atoms with Gasteiger partial charge in [-0.05, 0) is 30.9 Å². The maximum atomic E-state index is 12.8. The summed E-state index contributed by atoms with van der Waals surface area (Å²) in [6, 6.07) is 17.7. The van der Waals surface area contributed by atoms with Crippen molar-refractivity contribution < 1.29 is 23.9 Å². The van der Waals surface area contributed by atoms with Crippen molar-refractivity contribution in [2.75, 3.05) is 0 Å². The lowest BCUT2D eigenvalue weighted by atomic mass is 10.00. The van der Waals surface area contributed by atoms with Crippen LogP contribution >= 0.6 is 0 Å². The number of carbonyl (C=O) groups is 3. The highest BCUT2D eigenvalue weighted by molar-refractivity contribution is 5.92. The minimum Gasteiger partial charge on any atom is -0.459 e. The van der Waals surface area contributed by atoms with Gasteiger partial charge >= 0.3 is 12.1 Å². The Morgan fingerprint density at radius 3 is 1.81 bits per heavy atom. The van der Waals surface area contributed by atoms with Gasteiger partial charge in [0.1, 0.15) is 24.8 Å². The third-order valence-electron chi connectivity index (χ3n) is 4.63. The Labute approximate surface area is 183 Å². The number of esters is 1. The number of hydrogen-bond donors (Lipinski definition) is 2. The van der Waals surface area contributed by atoms with E-state index >= 15 is 0 Å². The molecule has 0 aliphatic heterocycles. The summed E-state index contributed by atoms with van der Waals surface area (Å²) in [5.74, 6) is -1.25. The summed E-state index contributed by atoms with van der Waals surface area (Å²) in [4.78, 5) is 37.5. The van der Waals surface area contributed by atoms with E-state index in [0.29, 0.717) is 0 Å². The quantitative estimate of drug-likeness (QED) is 0.598. The fourth-order valence-corrected chi connectivity index (χ4v) is 2.71. The predicted molar refractivity (Wildman–Crippen MR) is 117 cm³/mol. The monoisotopic (exact) mass is 426 g/mol. The second-order valence-corrected chi connectivity index (χ2v) is 8.10. The van der Waals surface area contributed by atoms with Crippen LogP contribution in [0.4, 0.5) is 4.79 Å². The minimum atomic E-state index is -1.29. The lowest BCUT2D eigenvalue weighted by molar-refractivity contribution is -0.151. The van der Waals surface area contributed by atoms with Crippen LogP contribution in [0.2, 0.25) is 0 Å². The summed E-state index contributed by atoms with van der Waals surface area (Å²) in [7, 11) is 0. The Balaban J connectivity index is 1.90. The van der Waals surface area contributed by atoms with Gasteiger partial charge in [0.25, 0.3) is 0 Å². The molecule has 2 rings (SSSR count). The van der Waals surface area contributed by atoms with E-state index in [1.54, 1.807) is 13.8 Å². The van der Waals surface area contributed by atoms with E-state index < -0.39 is 29.6 Å². The third-order valence-corrected chi connectivity index (χ3v) is 4.63. The molecule has 0 fully saturated rings. The van der Waals surface area contributed by atoms with Crippen molar-refractivity contribution in [1.82, 2.24) is 10.6 Å². The molecule has 0 bridgehead atoms. The first-order valence-electron chi connectivity index (χ1n) is 10.2. The van der Waals surface area contributed by atoms with Gasteiger partial charge in [-0.3, -0.25) is 4.79 Å². The molecule has 0 heterocycles. The molecule has 0 unspecified atom stereocenters. The van der Waals surface area contributed by atoms with Gasteiger partial charge in [-0.2, -0.15) is 0 Å². The van der Waals surface area contributed by atoms with Crippen molar-refractivity contribution in [3.8, 4) is 0 Å². The number of rotatable bonds is 9. The van der Waals surface area contributed by atoms with E-state index in [-0.39, 0.29) is 19.1 Å². The SMILES string of the molecule is CC(C)[C@@H](NC(=O)C(C)(C)NC(=O)OCc1ccccc1)C(=O)OCc1ccccc1. The zero-order chi connectivity index (χ0) is 22.9. The van der Waals surface area contributed by atoms with Gasteiger partial charge in [0, 0.05) is 0 Å². The minimum absolute atomic E-state index is 0.0881. The van der Waals surface area contributed by atoms with Crippen molar-refractivity contribution in [3.05, 3.63) is 71.8 Å². The first-order chi connectivity index (χ1) is 14.7. The largest absolute Gasteiger partial charge is 0.459 e. The Kier molecular flexibility index (Phi) is 8.61. The van der Waals surface area contributed by atoms with Gasteiger partial charge < -0.3 is 20.1 Å². The smallest absolute Gasteiger partial charge is 0.408 e. The molecule has 2 aromatic carbocycles. The molecule has 0 aromatic heterocycles. The summed E-state index contributed by atoms with van der Waals surface area (Å²) < 4.78 is 10.5. The summed E-state index contributed by atoms with van der Waals surface area (Å²) in [5, 5.41) is 5.23. The summed E-state index contributed by atoms with van der Waals surface area (Å²) in [6.45, 7) is 6.90. The van der Waals surface area contributed by atoms with Gasteiger partial charge in [0.05, 0.1) is 0 Å². The number of hydrogen-bond acceptors (Lipinski definition) is 5. The van der Waals surface area contributed by atoms with Crippen LogP contribution < -0.4 is 10.6 Å². The molecule has 0 aliphatic carbocycles. The van der Waals surface area contributed by atoms with Gasteiger partial charge in [-0.15, -0.1) is 0 Å². The second kappa shape index (κ2) is 11.2. The second-order valence-electron chi connectivity index (χ2n) is 8.10. The summed E-state index contributed by atoms with van der Waals surface area (Å²) in [6.07, 6.45) is -0.725. The predicted octanol–water partition coefficient (Wildman–Crippen LogP) is 3.58. The lowest BCUT2D eigenvalue weighted by Crippen LogP contribution is -2.59. The fraction of sp³-hybridized carbons (Fsp3) is 0.375. The van der Waals surface area contributed by atoms with Crippen molar-refractivity contribution >= 4 is 18.0 Å². The maximum absolute atomic E-state index is 12.8. The molecule has 0 saturated heterocycles. The molecule has 2 N–H and O–H groups in total. The Bertz CT molecular complexity index is 866. The zero-order valence-electron chi connectivity index (χ0n) is 18.4. The highest BCUT2D eigenvalue weighted by Gasteiger charge is 2.35. The maximum Gasteiger partial charge on any atom is 0.408 e. The number of benzene rings is 2. The number of ether oxygens (including phenoxy) is 2. The van der Waals surface area contributed by atoms with E-state index in [2.05, 4.69) is 10.6 Å². The lowest BCUT2D eigenvalue weighted by Gasteiger charge is -2.28. The van der Waals surface area contributed by atoms with Gasteiger partial charge in [-0.1, -0.05) is 74.5 Å². The molecule has 0 saturated carbocycles. The molecule has 7 nitrogen and oxygen atoms in total. The molecule has 7 heteroatoms. The highest BCUT2D eigenvalue weighted by atomic mass is 16.5. The number of amides is 2. The molecular formula is C24H30N2O5. The molecule has 1 atom stereocenters. The van der Waals surface area contributed by atoms with Crippen LogP contribution in [0.25, 0.3) is 0 Å². The Hall–Kier alpha value is -3.35. The van der Waals surface area contributed by atoms with Crippen LogP contribution in [0, 0.1) is 5.92 Å². The van der Waals surface area contributed by atoms with E-state index in [0.717, 1.165) is 11.1 Å². The molecule has 0 spiro atoms. The average Bonchev–Trinajstić information content (AvgIpc) is 2.75. The number of nitrogens with one attached hydrogen (secondary N) is 2. The van der Waals surface area contributed by atoms with Crippen LogP contribution in [0.5, 0.6) is 0 Å². The third kappa shape index (κ3) is 7.77. The van der Waals surface area contributed by atoms with Crippen LogP contribution in [-0.4, -0.2) is 29.6 Å². The summed E-state index contributed by atoms with van der Waals surface area (Å²) >= 11 is 0. The summed E-state index contributed by atoms with van der Waals surface area (Å²) in [5.41, 5.74) is 0.398. The zero-order valence-corrected chi connectivity index (χ0v) is 18.4. The normalized spacial score (nSPS) is 12.0. The van der Waals surface area contributed by atoms with Crippen molar-refractivity contribution in [1.29, 1.82) is 0 Å². The molecular weight excluding hydrogens is 396 g/mol. The molecule has 31 heavy (non-hydrogen) atoms. The fourth-order valence-electron chi connectivity index (χ4n) is 2.71. The molecule has 166 valence electrons. The van der Waals surface area contributed by atoms with Gasteiger partial charge in [0.15, 0.2) is 0 Å². The van der Waals surface area contributed by atoms with E-state index in [9.17, 15) is 14.4 Å². The van der Waals surface area contributed by atoms with Crippen molar-refractivity contribution in [3.63, 3.8) is 0 Å². The standard InChI is InChI=1S/C24H30N2O5/c1-17(2)20(21(27)30-15-18-11-7-5-8-12-18)25-22(28)24(3,4)26-23(29)31-16-19-13-9-6-10-14-19/h5-14,17,20H,15-16H2,1-4H3,(H,25,28)(H,26,29)/t20-/m1/s1. The van der Waals surface area contributed by atoms with Crippen LogP contribution in [0.3, 0.4) is 0 Å². The van der Waals surface area contributed by atoms with Crippen LogP contribution in [0.15, 0.2) is 60.7 Å². The first-order valence-corrected chi connectivity index (χ1v) is 10.2. The Morgan fingerprint density at radius 1 is 0.839 bits per heavy atom. The number of carbonyl (C=O) groups excluding carboxylic acids is 3. The molecule has 0 aliphatic rings. The molecule has 0 radical (unpaired) electrons. The molecule has 2 amide bonds. The topological polar surface area (TPSA) is 93.7 Å². The highest BCUT2D eigenvalue weighted by Crippen LogP contribution is 2.11. The van der Waals surface area contributed by atoms with Crippen LogP contribution in [-0.2, 0) is 32.3 Å². The average molecular weight is 427 g/mol. The van der Waals surface area contributed by atoms with E-state index in [1.165, 1.54) is 0 Å². The Morgan fingerprint density at radius 2 is 1.32 bits per heavy atom. The van der Waals surface area contributed by atoms with E-state index in [4.69, 9.17) is 9.47 Å². The van der Waals surface area contributed by atoms with Gasteiger partial charge in [-0.25, -0.2) is 9.59 Å². The molecule has 2 aromatic rings. The first kappa shape index (κ1) is 23.9. The van der Waals surface area contributed by atoms with E-state index in [1.807, 2.05) is 74.5 Å². The van der Waals surface area contributed by atoms with Gasteiger partial charge in [0.2, 0.25) is 5.91 Å². The van der Waals surface area contributed by atoms with Crippen LogP contribution in [0.1, 0.15) is 38.8 Å². The number of alkyl carbamates (subject to hydrolysis) is 1.